The third kappa shape index (κ3) is 14.6. The van der Waals surface area contributed by atoms with Crippen molar-refractivity contribution < 1.29 is 38.0 Å². The summed E-state index contributed by atoms with van der Waals surface area (Å²) in [6, 6.07) is 0. The summed E-state index contributed by atoms with van der Waals surface area (Å²) in [7, 11) is -6.49. The molecule has 0 aromatic rings. The summed E-state index contributed by atoms with van der Waals surface area (Å²) in [4.78, 5) is 41.1. The van der Waals surface area contributed by atoms with Crippen LogP contribution in [0.5, 0.6) is 0 Å². The van der Waals surface area contributed by atoms with Crippen molar-refractivity contribution in [1.29, 1.82) is 0 Å². The van der Waals surface area contributed by atoms with Gasteiger partial charge in [0.2, 0.25) is 0 Å². The third-order valence-corrected chi connectivity index (χ3v) is 4.82. The molecule has 0 heterocycles. The lowest BCUT2D eigenvalue weighted by atomic mass is 9.96. The highest BCUT2D eigenvalue weighted by Gasteiger charge is 2.24. The van der Waals surface area contributed by atoms with Crippen molar-refractivity contribution in [2.24, 2.45) is 5.41 Å². The largest absolute Gasteiger partial charge is 0.465 e. The molecule has 0 aromatic carbocycles. The van der Waals surface area contributed by atoms with E-state index in [-0.39, 0.29) is 38.4 Å². The van der Waals surface area contributed by atoms with Crippen LogP contribution in [0.3, 0.4) is 0 Å². The Labute approximate surface area is 136 Å². The highest BCUT2D eigenvalue weighted by molar-refractivity contribution is 7.57. The molecule has 0 aliphatic carbocycles. The second kappa shape index (κ2) is 8.97. The molecular weight excluding hydrogens is 346 g/mol. The Bertz CT molecular complexity index is 458. The minimum absolute atomic E-state index is 0.00910. The molecule has 10 heteroatoms. The van der Waals surface area contributed by atoms with Gasteiger partial charge in [0.1, 0.15) is 0 Å². The molecule has 0 aromatic heterocycles. The second-order valence-electron chi connectivity index (χ2n) is 6.53. The summed E-state index contributed by atoms with van der Waals surface area (Å²) < 4.78 is 32.2. The Kier molecular flexibility index (Phi) is 8.71. The van der Waals surface area contributed by atoms with Crippen molar-refractivity contribution in [3.63, 3.8) is 0 Å². The zero-order valence-electron chi connectivity index (χ0n) is 14.0. The molecule has 0 fully saturated rings. The monoisotopic (exact) mass is 372 g/mol. The van der Waals surface area contributed by atoms with Gasteiger partial charge in [-0.15, -0.1) is 0 Å². The minimum atomic E-state index is -3.24. The van der Waals surface area contributed by atoms with Crippen molar-refractivity contribution in [2.75, 3.05) is 38.9 Å². The summed E-state index contributed by atoms with van der Waals surface area (Å²) in [5.74, 6) is -1.18. The quantitative estimate of drug-likeness (QED) is 0.438. The van der Waals surface area contributed by atoms with E-state index in [1.54, 1.807) is 13.8 Å². The Morgan fingerprint density at radius 3 is 1.43 bits per heavy atom. The fourth-order valence-electron chi connectivity index (χ4n) is 1.34. The molecule has 136 valence electrons. The number of hydrogen-bond donors (Lipinski definition) is 2. The highest BCUT2D eigenvalue weighted by atomic mass is 31.2. The lowest BCUT2D eigenvalue weighted by Gasteiger charge is -2.23. The lowest BCUT2D eigenvalue weighted by Crippen LogP contribution is -2.29. The molecule has 0 saturated heterocycles. The summed E-state index contributed by atoms with van der Waals surface area (Å²) in [6.07, 6.45) is -0.580. The second-order valence-corrected chi connectivity index (χ2v) is 11.6. The fraction of sp³-hybridized carbons (Fsp3) is 0.846. The van der Waals surface area contributed by atoms with E-state index in [9.17, 15) is 18.7 Å². The highest BCUT2D eigenvalue weighted by Crippen LogP contribution is 2.36. The maximum absolute atomic E-state index is 11.5. The van der Waals surface area contributed by atoms with Gasteiger partial charge >= 0.3 is 11.9 Å². The van der Waals surface area contributed by atoms with Crippen molar-refractivity contribution in [2.45, 2.75) is 26.7 Å². The number of ether oxygens (including phenoxy) is 2. The van der Waals surface area contributed by atoms with Crippen LogP contribution in [0.1, 0.15) is 26.7 Å². The van der Waals surface area contributed by atoms with Gasteiger partial charge in [0.15, 0.2) is 14.7 Å². The SMILES string of the molecule is CC(C)(COC(=O)CCP(C)(=O)O)COC(=O)CCP(C)(=O)O. The van der Waals surface area contributed by atoms with Crippen molar-refractivity contribution in [3.05, 3.63) is 0 Å². The van der Waals surface area contributed by atoms with Crippen LogP contribution >= 0.6 is 14.7 Å². The van der Waals surface area contributed by atoms with E-state index < -0.39 is 32.1 Å². The Hall–Kier alpha value is -0.680. The Morgan fingerprint density at radius 1 is 0.870 bits per heavy atom. The maximum atomic E-state index is 11.5. The number of rotatable bonds is 10. The molecular formula is C13H26O8P2. The van der Waals surface area contributed by atoms with Crippen LogP contribution in [0.2, 0.25) is 0 Å². The molecule has 0 spiro atoms. The average molecular weight is 372 g/mol. The van der Waals surface area contributed by atoms with Crippen LogP contribution in [0.4, 0.5) is 0 Å². The van der Waals surface area contributed by atoms with Crippen molar-refractivity contribution in [1.82, 2.24) is 0 Å². The average Bonchev–Trinajstić information content (AvgIpc) is 2.37. The number of hydrogen-bond acceptors (Lipinski definition) is 6. The van der Waals surface area contributed by atoms with E-state index in [2.05, 4.69) is 0 Å². The Morgan fingerprint density at radius 2 is 1.17 bits per heavy atom. The van der Waals surface area contributed by atoms with Gasteiger partial charge < -0.3 is 19.3 Å². The zero-order chi connectivity index (χ0) is 18.3. The Balaban J connectivity index is 4.09. The first-order valence-electron chi connectivity index (χ1n) is 7.10. The maximum Gasteiger partial charge on any atom is 0.306 e. The molecule has 2 unspecified atom stereocenters. The van der Waals surface area contributed by atoms with Gasteiger partial charge in [0, 0.05) is 31.1 Å². The van der Waals surface area contributed by atoms with E-state index in [1.807, 2.05) is 0 Å². The van der Waals surface area contributed by atoms with Gasteiger partial charge in [-0.1, -0.05) is 13.8 Å². The predicted molar refractivity (Wildman–Crippen MR) is 86.2 cm³/mol. The van der Waals surface area contributed by atoms with Gasteiger partial charge in [-0.2, -0.15) is 0 Å². The smallest absolute Gasteiger partial charge is 0.306 e. The van der Waals surface area contributed by atoms with E-state index in [4.69, 9.17) is 19.3 Å². The van der Waals surface area contributed by atoms with Crippen LogP contribution in [0, 0.1) is 5.41 Å². The third-order valence-electron chi connectivity index (χ3n) is 2.71. The molecule has 0 aliphatic heterocycles. The number of esters is 2. The number of carbonyl (C=O) groups is 2. The fourth-order valence-corrected chi connectivity index (χ4v) is 2.53. The standard InChI is InChI=1S/C13H26O8P2/c1-13(2,9-20-11(14)5-7-22(3,16)17)10-21-12(15)6-8-23(4,18)19/h5-10H2,1-4H3,(H,16,17)(H,18,19). The van der Waals surface area contributed by atoms with Crippen LogP contribution in [-0.2, 0) is 28.2 Å². The van der Waals surface area contributed by atoms with E-state index >= 15 is 0 Å². The zero-order valence-corrected chi connectivity index (χ0v) is 15.8. The van der Waals surface area contributed by atoms with Crippen LogP contribution in [0.25, 0.3) is 0 Å². The molecule has 0 amide bonds. The van der Waals surface area contributed by atoms with E-state index in [0.717, 1.165) is 0 Å². The van der Waals surface area contributed by atoms with E-state index in [0.29, 0.717) is 0 Å². The summed E-state index contributed by atoms with van der Waals surface area (Å²) >= 11 is 0. The first-order chi connectivity index (χ1) is 10.2. The van der Waals surface area contributed by atoms with Crippen LogP contribution in [0.15, 0.2) is 0 Å². The minimum Gasteiger partial charge on any atom is -0.465 e. The number of carbonyl (C=O) groups excluding carboxylic acids is 2. The lowest BCUT2D eigenvalue weighted by molar-refractivity contribution is -0.152. The summed E-state index contributed by atoms with van der Waals surface area (Å²) in [6.45, 7) is 5.77. The topological polar surface area (TPSA) is 127 Å². The molecule has 8 nitrogen and oxygen atoms in total. The van der Waals surface area contributed by atoms with Gasteiger partial charge in [-0.05, 0) is 0 Å². The van der Waals surface area contributed by atoms with Gasteiger partial charge in [-0.3, -0.25) is 18.7 Å². The summed E-state index contributed by atoms with van der Waals surface area (Å²) in [5.41, 5.74) is -0.629. The molecule has 2 N–H and O–H groups in total. The van der Waals surface area contributed by atoms with Gasteiger partial charge in [0.05, 0.1) is 26.1 Å². The molecule has 0 rings (SSSR count). The van der Waals surface area contributed by atoms with E-state index in [1.165, 1.54) is 13.3 Å². The van der Waals surface area contributed by atoms with Crippen LogP contribution < -0.4 is 0 Å². The molecule has 0 saturated carbocycles. The van der Waals surface area contributed by atoms with Crippen molar-refractivity contribution >= 4 is 26.7 Å². The summed E-state index contributed by atoms with van der Waals surface area (Å²) in [5, 5.41) is 0. The first kappa shape index (κ1) is 22.3. The molecule has 2 atom stereocenters. The van der Waals surface area contributed by atoms with Gasteiger partial charge in [0.25, 0.3) is 0 Å². The molecule has 23 heavy (non-hydrogen) atoms. The predicted octanol–water partition coefficient (Wildman–Crippen LogP) is 1.68. The van der Waals surface area contributed by atoms with Crippen LogP contribution in [-0.4, -0.2) is 60.6 Å². The molecule has 0 radical (unpaired) electrons. The molecule has 0 aliphatic rings. The van der Waals surface area contributed by atoms with Gasteiger partial charge in [-0.25, -0.2) is 0 Å². The normalized spacial score (nSPS) is 17.0. The van der Waals surface area contributed by atoms with Crippen molar-refractivity contribution in [3.8, 4) is 0 Å². The first-order valence-corrected chi connectivity index (χ1v) is 11.7. The molecule has 0 bridgehead atoms.